The smallest absolute Gasteiger partial charge is 0.256 e. The zero-order valence-electron chi connectivity index (χ0n) is 11.3. The fraction of sp³-hybridized carbons (Fsp3) is 0.250. The molecule has 1 unspecified atom stereocenters. The molecule has 1 atom stereocenters. The summed E-state index contributed by atoms with van der Waals surface area (Å²) in [4.78, 5) is 16.4. The molecule has 108 valence electrons. The minimum absolute atomic E-state index is 0.100. The highest BCUT2D eigenvalue weighted by Gasteiger charge is 2.10. The second-order valence-corrected chi connectivity index (χ2v) is 4.82. The van der Waals surface area contributed by atoms with Crippen LogP contribution in [0.1, 0.15) is 6.92 Å². The summed E-state index contributed by atoms with van der Waals surface area (Å²) in [5.74, 6) is 0.783. The maximum atomic E-state index is 5.93. The molecular weight excluding hydrogens is 292 g/mol. The number of imidazole rings is 1. The summed E-state index contributed by atoms with van der Waals surface area (Å²) in [7, 11) is 0. The summed E-state index contributed by atoms with van der Waals surface area (Å²) in [6.07, 6.45) is 8.78. The molecular formula is C12H13ClN8. The standard InChI is InChI=1S/C12H13ClN8/c1-9(7-20-6-4-14-8-20)16-11-17-10(13)18-12(19-11)21-5-2-3-15-21/h2-6,8-9H,7H2,1H3,(H,16,17,18,19). The summed E-state index contributed by atoms with van der Waals surface area (Å²) in [6.45, 7) is 2.76. The van der Waals surface area contributed by atoms with Gasteiger partial charge in [-0.25, -0.2) is 9.67 Å². The van der Waals surface area contributed by atoms with Gasteiger partial charge in [0, 0.05) is 37.4 Å². The van der Waals surface area contributed by atoms with E-state index < -0.39 is 0 Å². The number of aromatic nitrogens is 7. The van der Waals surface area contributed by atoms with Crippen LogP contribution < -0.4 is 5.32 Å². The number of halogens is 1. The molecule has 0 fully saturated rings. The molecule has 0 bridgehead atoms. The maximum Gasteiger partial charge on any atom is 0.256 e. The van der Waals surface area contributed by atoms with E-state index in [1.807, 2.05) is 17.7 Å². The normalized spacial score (nSPS) is 12.3. The first-order chi connectivity index (χ1) is 10.2. The molecule has 3 heterocycles. The molecule has 0 aliphatic heterocycles. The van der Waals surface area contributed by atoms with Crippen molar-refractivity contribution in [3.05, 3.63) is 42.5 Å². The van der Waals surface area contributed by atoms with Gasteiger partial charge >= 0.3 is 0 Å². The van der Waals surface area contributed by atoms with Gasteiger partial charge in [0.25, 0.3) is 5.95 Å². The Hall–Kier alpha value is -2.48. The lowest BCUT2D eigenvalue weighted by molar-refractivity contribution is 0.613. The van der Waals surface area contributed by atoms with Crippen molar-refractivity contribution in [1.82, 2.24) is 34.3 Å². The number of hydrogen-bond acceptors (Lipinski definition) is 6. The number of nitrogens with one attached hydrogen (secondary N) is 1. The molecule has 0 aromatic carbocycles. The van der Waals surface area contributed by atoms with Crippen LogP contribution in [-0.2, 0) is 6.54 Å². The summed E-state index contributed by atoms with van der Waals surface area (Å²) in [5, 5.41) is 7.38. The number of hydrogen-bond donors (Lipinski definition) is 1. The lowest BCUT2D eigenvalue weighted by atomic mass is 10.3. The van der Waals surface area contributed by atoms with Gasteiger partial charge in [0.2, 0.25) is 11.2 Å². The van der Waals surface area contributed by atoms with Gasteiger partial charge < -0.3 is 9.88 Å². The second-order valence-electron chi connectivity index (χ2n) is 4.48. The Labute approximate surface area is 125 Å². The van der Waals surface area contributed by atoms with Crippen molar-refractivity contribution in [3.8, 4) is 5.95 Å². The molecule has 8 nitrogen and oxygen atoms in total. The highest BCUT2D eigenvalue weighted by molar-refractivity contribution is 6.28. The monoisotopic (exact) mass is 304 g/mol. The average Bonchev–Trinajstić information content (AvgIpc) is 3.10. The fourth-order valence-electron chi connectivity index (χ4n) is 1.87. The van der Waals surface area contributed by atoms with Crippen molar-refractivity contribution in [2.24, 2.45) is 0 Å². The first-order valence-corrected chi connectivity index (χ1v) is 6.72. The van der Waals surface area contributed by atoms with Gasteiger partial charge in [0.05, 0.1) is 6.33 Å². The van der Waals surface area contributed by atoms with Gasteiger partial charge in [-0.05, 0) is 24.6 Å². The fourth-order valence-corrected chi connectivity index (χ4v) is 2.03. The van der Waals surface area contributed by atoms with Crippen molar-refractivity contribution in [1.29, 1.82) is 0 Å². The van der Waals surface area contributed by atoms with E-state index in [1.165, 1.54) is 4.68 Å². The number of rotatable bonds is 5. The summed E-state index contributed by atoms with van der Waals surface area (Å²) in [6, 6.07) is 1.88. The molecule has 0 saturated carbocycles. The Kier molecular flexibility index (Phi) is 3.78. The Morgan fingerprint density at radius 3 is 2.86 bits per heavy atom. The van der Waals surface area contributed by atoms with Gasteiger partial charge in [-0.15, -0.1) is 0 Å². The first-order valence-electron chi connectivity index (χ1n) is 6.34. The van der Waals surface area contributed by atoms with E-state index in [0.29, 0.717) is 11.9 Å². The minimum Gasteiger partial charge on any atom is -0.350 e. The topological polar surface area (TPSA) is 86.3 Å². The van der Waals surface area contributed by atoms with Crippen LogP contribution >= 0.6 is 11.6 Å². The molecule has 21 heavy (non-hydrogen) atoms. The van der Waals surface area contributed by atoms with E-state index in [0.717, 1.165) is 6.54 Å². The van der Waals surface area contributed by atoms with Gasteiger partial charge in [-0.3, -0.25) is 0 Å². The Morgan fingerprint density at radius 1 is 1.24 bits per heavy atom. The van der Waals surface area contributed by atoms with Crippen LogP contribution in [0, 0.1) is 0 Å². The van der Waals surface area contributed by atoms with Crippen LogP contribution in [0.5, 0.6) is 0 Å². The SMILES string of the molecule is CC(Cn1ccnc1)Nc1nc(Cl)nc(-n2cccn2)n1. The molecule has 0 spiro atoms. The minimum atomic E-state index is 0.100. The zero-order chi connectivity index (χ0) is 14.7. The quantitative estimate of drug-likeness (QED) is 0.767. The van der Waals surface area contributed by atoms with Gasteiger partial charge in [0.1, 0.15) is 0 Å². The van der Waals surface area contributed by atoms with Gasteiger partial charge in [-0.1, -0.05) is 0 Å². The van der Waals surface area contributed by atoms with Gasteiger partial charge in [0.15, 0.2) is 0 Å². The Balaban J connectivity index is 1.76. The molecule has 0 saturated heterocycles. The molecule has 0 amide bonds. The van der Waals surface area contributed by atoms with E-state index >= 15 is 0 Å². The van der Waals surface area contributed by atoms with Crippen LogP contribution in [0.4, 0.5) is 5.95 Å². The molecule has 3 aromatic heterocycles. The van der Waals surface area contributed by atoms with E-state index in [4.69, 9.17) is 11.6 Å². The molecule has 0 aliphatic rings. The number of nitrogens with zero attached hydrogens (tertiary/aromatic N) is 7. The first kappa shape index (κ1) is 13.5. The summed E-state index contributed by atoms with van der Waals surface area (Å²) < 4.78 is 3.49. The molecule has 3 aromatic rings. The van der Waals surface area contributed by atoms with Crippen molar-refractivity contribution in [2.75, 3.05) is 5.32 Å². The predicted molar refractivity (Wildman–Crippen MR) is 77.3 cm³/mol. The largest absolute Gasteiger partial charge is 0.350 e. The Morgan fingerprint density at radius 2 is 2.14 bits per heavy atom. The van der Waals surface area contributed by atoms with Gasteiger partial charge in [-0.2, -0.15) is 20.1 Å². The summed E-state index contributed by atoms with van der Waals surface area (Å²) >= 11 is 5.93. The average molecular weight is 305 g/mol. The predicted octanol–water partition coefficient (Wildman–Crippen LogP) is 1.41. The van der Waals surface area contributed by atoms with E-state index in [2.05, 4.69) is 30.4 Å². The van der Waals surface area contributed by atoms with E-state index in [-0.39, 0.29) is 11.3 Å². The van der Waals surface area contributed by atoms with Crippen molar-refractivity contribution in [3.63, 3.8) is 0 Å². The number of anilines is 1. The lowest BCUT2D eigenvalue weighted by Crippen LogP contribution is -2.23. The highest BCUT2D eigenvalue weighted by atomic mass is 35.5. The van der Waals surface area contributed by atoms with Crippen LogP contribution in [-0.4, -0.2) is 40.3 Å². The molecule has 3 rings (SSSR count). The molecule has 0 aliphatic carbocycles. The highest BCUT2D eigenvalue weighted by Crippen LogP contribution is 2.10. The van der Waals surface area contributed by atoms with Crippen LogP contribution in [0.2, 0.25) is 5.28 Å². The zero-order valence-corrected chi connectivity index (χ0v) is 12.0. The molecule has 0 radical (unpaired) electrons. The van der Waals surface area contributed by atoms with E-state index in [9.17, 15) is 0 Å². The summed E-state index contributed by atoms with van der Waals surface area (Å²) in [5.41, 5.74) is 0. The van der Waals surface area contributed by atoms with Crippen molar-refractivity contribution in [2.45, 2.75) is 19.5 Å². The lowest BCUT2D eigenvalue weighted by Gasteiger charge is -2.14. The third-order valence-corrected chi connectivity index (χ3v) is 2.89. The second kappa shape index (κ2) is 5.88. The third-order valence-electron chi connectivity index (χ3n) is 2.73. The maximum absolute atomic E-state index is 5.93. The molecule has 1 N–H and O–H groups in total. The van der Waals surface area contributed by atoms with Crippen LogP contribution in [0.3, 0.4) is 0 Å². The van der Waals surface area contributed by atoms with E-state index in [1.54, 1.807) is 31.0 Å². The Bertz CT molecular complexity index is 694. The van der Waals surface area contributed by atoms with Crippen molar-refractivity contribution < 1.29 is 0 Å². The molecule has 9 heteroatoms. The van der Waals surface area contributed by atoms with Crippen molar-refractivity contribution >= 4 is 17.5 Å². The third kappa shape index (κ3) is 3.34. The van der Waals surface area contributed by atoms with Crippen LogP contribution in [0.25, 0.3) is 5.95 Å². The van der Waals surface area contributed by atoms with Crippen LogP contribution in [0.15, 0.2) is 37.2 Å².